The second-order valence-corrected chi connectivity index (χ2v) is 6.87. The molecule has 0 spiro atoms. The first-order valence-electron chi connectivity index (χ1n) is 9.11. The van der Waals surface area contributed by atoms with Crippen molar-refractivity contribution < 1.29 is 4.58 Å². The number of anilines is 2. The maximum absolute atomic E-state index is 5.91. The highest BCUT2D eigenvalue weighted by atomic mass is 15.1. The summed E-state index contributed by atoms with van der Waals surface area (Å²) in [5, 5.41) is 0. The topological polar surface area (TPSA) is 32.3 Å². The first-order valence-corrected chi connectivity index (χ1v) is 9.11. The lowest BCUT2D eigenvalue weighted by Crippen LogP contribution is -2.08. The molecule has 0 aliphatic heterocycles. The van der Waals surface area contributed by atoms with Gasteiger partial charge in [-0.15, -0.1) is 0 Å². The van der Waals surface area contributed by atoms with Crippen LogP contribution in [0.3, 0.4) is 0 Å². The summed E-state index contributed by atoms with van der Waals surface area (Å²) in [6, 6.07) is 16.7. The van der Waals surface area contributed by atoms with Crippen molar-refractivity contribution in [3.05, 3.63) is 89.5 Å². The van der Waals surface area contributed by atoms with Crippen LogP contribution >= 0.6 is 0 Å². The fourth-order valence-electron chi connectivity index (χ4n) is 2.80. The lowest BCUT2D eigenvalue weighted by molar-refractivity contribution is -0.458. The Morgan fingerprint density at radius 2 is 1.44 bits per heavy atom. The molecule has 2 N–H and O–H groups in total. The number of benzene rings is 2. The molecule has 2 rings (SSSR count). The highest BCUT2D eigenvalue weighted by molar-refractivity contribution is 5.87. The van der Waals surface area contributed by atoms with Crippen LogP contribution in [0.5, 0.6) is 0 Å². The third-order valence-electron chi connectivity index (χ3n) is 4.17. The van der Waals surface area contributed by atoms with Gasteiger partial charge in [0, 0.05) is 31.5 Å². The molecule has 0 unspecified atom stereocenters. The van der Waals surface area contributed by atoms with E-state index in [4.69, 9.17) is 5.73 Å². The van der Waals surface area contributed by atoms with E-state index in [1.807, 2.05) is 43.9 Å². The molecule has 0 amide bonds. The molecule has 140 valence electrons. The zero-order valence-corrected chi connectivity index (χ0v) is 17.0. The Hall–Kier alpha value is -3.07. The van der Waals surface area contributed by atoms with Crippen molar-refractivity contribution in [3.8, 4) is 0 Å². The molecule has 27 heavy (non-hydrogen) atoms. The minimum atomic E-state index is 0.769. The Morgan fingerprint density at radius 1 is 0.889 bits per heavy atom. The van der Waals surface area contributed by atoms with Crippen molar-refractivity contribution in [2.45, 2.75) is 6.92 Å². The summed E-state index contributed by atoms with van der Waals surface area (Å²) in [7, 11) is 8.14. The molecule has 0 aliphatic rings. The lowest BCUT2D eigenvalue weighted by Gasteiger charge is -2.16. The molecular formula is C24H30N3+. The van der Waals surface area contributed by atoms with Crippen LogP contribution in [0.1, 0.15) is 18.1 Å². The number of allylic oxidation sites excluding steroid dienone is 5. The Bertz CT molecular complexity index is 861. The summed E-state index contributed by atoms with van der Waals surface area (Å²) in [6.45, 7) is 2.04. The predicted molar refractivity (Wildman–Crippen MR) is 120 cm³/mol. The number of hydrogen-bond acceptors (Lipinski definition) is 2. The van der Waals surface area contributed by atoms with Gasteiger partial charge >= 0.3 is 0 Å². The monoisotopic (exact) mass is 360 g/mol. The zero-order chi connectivity index (χ0) is 19.8. The molecular weight excluding hydrogens is 330 g/mol. The SMILES string of the molecule is C\C=C/C(/C=C\C=[N+](C)C)=C(/c1ccc(N)cc1)c1ccc(N(C)C)cc1. The highest BCUT2D eigenvalue weighted by Crippen LogP contribution is 2.30. The van der Waals surface area contributed by atoms with E-state index >= 15 is 0 Å². The molecule has 0 fully saturated rings. The van der Waals surface area contributed by atoms with Crippen molar-refractivity contribution in [3.63, 3.8) is 0 Å². The first-order chi connectivity index (χ1) is 12.9. The molecule has 0 saturated heterocycles. The lowest BCUT2D eigenvalue weighted by atomic mass is 9.92. The van der Waals surface area contributed by atoms with Crippen LogP contribution in [0.4, 0.5) is 11.4 Å². The van der Waals surface area contributed by atoms with Gasteiger partial charge in [0.05, 0.1) is 0 Å². The van der Waals surface area contributed by atoms with Crippen molar-refractivity contribution >= 4 is 23.2 Å². The minimum Gasteiger partial charge on any atom is -0.399 e. The molecule has 2 aromatic carbocycles. The van der Waals surface area contributed by atoms with Crippen LogP contribution in [0.15, 0.2) is 78.4 Å². The van der Waals surface area contributed by atoms with Crippen molar-refractivity contribution in [2.24, 2.45) is 0 Å². The predicted octanol–water partition coefficient (Wildman–Crippen LogP) is 4.61. The summed E-state index contributed by atoms with van der Waals surface area (Å²) < 4.78 is 2.03. The second kappa shape index (κ2) is 9.58. The van der Waals surface area contributed by atoms with Gasteiger partial charge in [0.15, 0.2) is 6.21 Å². The molecule has 0 bridgehead atoms. The largest absolute Gasteiger partial charge is 0.399 e. The molecule has 0 radical (unpaired) electrons. The Kier molecular flexibility index (Phi) is 7.18. The summed E-state index contributed by atoms with van der Waals surface area (Å²) >= 11 is 0. The number of rotatable bonds is 6. The quantitative estimate of drug-likeness (QED) is 0.353. The van der Waals surface area contributed by atoms with Crippen molar-refractivity contribution in [2.75, 3.05) is 38.8 Å². The molecule has 2 aromatic rings. The van der Waals surface area contributed by atoms with E-state index in [0.717, 1.165) is 16.8 Å². The second-order valence-electron chi connectivity index (χ2n) is 6.87. The number of nitrogen functional groups attached to an aromatic ring is 1. The molecule has 0 heterocycles. The van der Waals surface area contributed by atoms with E-state index < -0.39 is 0 Å². The van der Waals surface area contributed by atoms with Crippen LogP contribution in [-0.2, 0) is 0 Å². The van der Waals surface area contributed by atoms with E-state index in [2.05, 4.69) is 79.7 Å². The van der Waals surface area contributed by atoms with Gasteiger partial charge in [-0.05, 0) is 59.5 Å². The van der Waals surface area contributed by atoms with Crippen LogP contribution in [0.2, 0.25) is 0 Å². The van der Waals surface area contributed by atoms with E-state index in [1.54, 1.807) is 0 Å². The Balaban J connectivity index is 2.67. The normalized spacial score (nSPS) is 12.3. The van der Waals surface area contributed by atoms with Gasteiger partial charge in [-0.25, -0.2) is 4.58 Å². The van der Waals surface area contributed by atoms with Crippen LogP contribution in [0.25, 0.3) is 5.57 Å². The molecule has 0 atom stereocenters. The third-order valence-corrected chi connectivity index (χ3v) is 4.17. The fraction of sp³-hybridized carbons (Fsp3) is 0.208. The number of hydrogen-bond donors (Lipinski definition) is 1. The molecule has 0 saturated carbocycles. The van der Waals surface area contributed by atoms with E-state index in [1.165, 1.54) is 16.8 Å². The minimum absolute atomic E-state index is 0.769. The maximum atomic E-state index is 5.91. The summed E-state index contributed by atoms with van der Waals surface area (Å²) in [4.78, 5) is 2.11. The standard InChI is InChI=1S/C24H29N3/c1-6-8-19(9-7-18-26(2)3)24(20-10-14-22(25)15-11-20)21-12-16-23(17-13-21)27(4)5/h6-18,25H,1-5H3/p+1/b8-6-. The highest BCUT2D eigenvalue weighted by Gasteiger charge is 2.10. The average molecular weight is 361 g/mol. The van der Waals surface area contributed by atoms with Crippen LogP contribution in [0, 0.1) is 0 Å². The average Bonchev–Trinajstić information content (AvgIpc) is 2.63. The van der Waals surface area contributed by atoms with Crippen molar-refractivity contribution in [1.29, 1.82) is 0 Å². The van der Waals surface area contributed by atoms with Crippen molar-refractivity contribution in [1.82, 2.24) is 0 Å². The zero-order valence-electron chi connectivity index (χ0n) is 17.0. The van der Waals surface area contributed by atoms with Gasteiger partial charge in [-0.2, -0.15) is 0 Å². The molecule has 3 nitrogen and oxygen atoms in total. The molecule has 0 aliphatic carbocycles. The van der Waals surface area contributed by atoms with Crippen LogP contribution < -0.4 is 10.6 Å². The summed E-state index contributed by atoms with van der Waals surface area (Å²) in [6.07, 6.45) is 10.5. The number of nitrogens with two attached hydrogens (primary N) is 1. The molecule has 0 aromatic heterocycles. The van der Waals surface area contributed by atoms with Gasteiger partial charge in [-0.1, -0.05) is 36.4 Å². The van der Waals surface area contributed by atoms with Gasteiger partial charge in [0.1, 0.15) is 14.1 Å². The van der Waals surface area contributed by atoms with E-state index in [0.29, 0.717) is 0 Å². The third kappa shape index (κ3) is 5.71. The van der Waals surface area contributed by atoms with Gasteiger partial charge < -0.3 is 10.6 Å². The summed E-state index contributed by atoms with van der Waals surface area (Å²) in [5.41, 5.74) is 12.5. The maximum Gasteiger partial charge on any atom is 0.162 e. The van der Waals surface area contributed by atoms with E-state index in [9.17, 15) is 0 Å². The number of nitrogens with zero attached hydrogens (tertiary/aromatic N) is 2. The summed E-state index contributed by atoms with van der Waals surface area (Å²) in [5.74, 6) is 0. The Morgan fingerprint density at radius 3 is 1.93 bits per heavy atom. The molecule has 3 heteroatoms. The smallest absolute Gasteiger partial charge is 0.162 e. The van der Waals surface area contributed by atoms with Gasteiger partial charge in [-0.3, -0.25) is 0 Å². The van der Waals surface area contributed by atoms with Gasteiger partial charge in [0.2, 0.25) is 0 Å². The van der Waals surface area contributed by atoms with Gasteiger partial charge in [0.25, 0.3) is 0 Å². The van der Waals surface area contributed by atoms with Crippen LogP contribution in [-0.4, -0.2) is 39.0 Å². The first kappa shape index (κ1) is 20.2. The fourth-order valence-corrected chi connectivity index (χ4v) is 2.80. The Labute approximate surface area is 163 Å². The van der Waals surface area contributed by atoms with E-state index in [-0.39, 0.29) is 0 Å².